The van der Waals surface area contributed by atoms with Crippen molar-refractivity contribution in [2.24, 2.45) is 11.8 Å². The van der Waals surface area contributed by atoms with E-state index in [1.165, 1.54) is 0 Å². The number of esters is 4. The van der Waals surface area contributed by atoms with Crippen LogP contribution in [0.2, 0.25) is 0 Å². The van der Waals surface area contributed by atoms with E-state index in [2.05, 4.69) is 0 Å². The maximum absolute atomic E-state index is 12.1. The van der Waals surface area contributed by atoms with Crippen LogP contribution in [0, 0.1) is 11.8 Å². The van der Waals surface area contributed by atoms with E-state index in [4.69, 9.17) is 28.4 Å². The minimum Gasteiger partial charge on any atom is -0.494 e. The summed E-state index contributed by atoms with van der Waals surface area (Å²) in [5, 5.41) is 0. The molecule has 0 fully saturated rings. The van der Waals surface area contributed by atoms with Crippen LogP contribution in [0.15, 0.2) is 48.5 Å². The zero-order chi connectivity index (χ0) is 30.7. The minimum absolute atomic E-state index is 0.199. The topological polar surface area (TPSA) is 124 Å². The van der Waals surface area contributed by atoms with Gasteiger partial charge in [-0.15, -0.1) is 0 Å². The van der Waals surface area contributed by atoms with Crippen molar-refractivity contribution in [2.45, 2.75) is 53.4 Å². The Morgan fingerprint density at radius 1 is 0.500 bits per heavy atom. The van der Waals surface area contributed by atoms with E-state index in [0.717, 1.165) is 11.1 Å². The van der Waals surface area contributed by atoms with Crippen molar-refractivity contribution in [3.63, 3.8) is 0 Å². The molecule has 0 bridgehead atoms. The third-order valence-electron chi connectivity index (χ3n) is 6.14. The summed E-state index contributed by atoms with van der Waals surface area (Å²) >= 11 is 0. The summed E-state index contributed by atoms with van der Waals surface area (Å²) < 4.78 is 31.6. The van der Waals surface area contributed by atoms with Gasteiger partial charge >= 0.3 is 23.9 Å². The molecule has 2 aromatic carbocycles. The Balaban J connectivity index is 1.81. The molecule has 0 spiro atoms. The highest BCUT2D eigenvalue weighted by Crippen LogP contribution is 2.25. The lowest BCUT2D eigenvalue weighted by Gasteiger charge is -2.14. The minimum atomic E-state index is -0.950. The summed E-state index contributed by atoms with van der Waals surface area (Å²) in [4.78, 5) is 48.4. The van der Waals surface area contributed by atoms with Gasteiger partial charge in [-0.25, -0.2) is 0 Å². The summed E-state index contributed by atoms with van der Waals surface area (Å²) in [7, 11) is 0. The summed E-state index contributed by atoms with van der Waals surface area (Å²) in [5.41, 5.74) is 1.98. The SMILES string of the molecule is CCOC(=O)C(CCCOc1ccc(-c2ccc(OCCCC(C(=O)OCC)C(=O)OCC)cc2)cc1)C(=O)OCC. The van der Waals surface area contributed by atoms with Crippen molar-refractivity contribution in [1.29, 1.82) is 0 Å². The average molecular weight is 587 g/mol. The van der Waals surface area contributed by atoms with Crippen LogP contribution in [-0.2, 0) is 38.1 Å². The highest BCUT2D eigenvalue weighted by atomic mass is 16.6. The quantitative estimate of drug-likeness (QED) is 0.0944. The molecule has 0 N–H and O–H groups in total. The van der Waals surface area contributed by atoms with E-state index in [-0.39, 0.29) is 39.3 Å². The van der Waals surface area contributed by atoms with Gasteiger partial charge in [0.2, 0.25) is 0 Å². The molecule has 0 aliphatic rings. The van der Waals surface area contributed by atoms with Gasteiger partial charge in [0, 0.05) is 0 Å². The number of hydrogen-bond donors (Lipinski definition) is 0. The molecule has 0 amide bonds. The first-order chi connectivity index (χ1) is 20.3. The van der Waals surface area contributed by atoms with Crippen LogP contribution in [-0.4, -0.2) is 63.5 Å². The molecule has 0 heterocycles. The molecular weight excluding hydrogens is 544 g/mol. The van der Waals surface area contributed by atoms with Gasteiger partial charge in [-0.2, -0.15) is 0 Å². The monoisotopic (exact) mass is 586 g/mol. The fourth-order valence-corrected chi connectivity index (χ4v) is 4.08. The van der Waals surface area contributed by atoms with Crippen LogP contribution in [0.4, 0.5) is 0 Å². The Morgan fingerprint density at radius 2 is 0.786 bits per heavy atom. The molecule has 230 valence electrons. The lowest BCUT2D eigenvalue weighted by atomic mass is 10.0. The molecule has 0 aliphatic carbocycles. The van der Waals surface area contributed by atoms with E-state index in [1.54, 1.807) is 27.7 Å². The third-order valence-corrected chi connectivity index (χ3v) is 6.14. The van der Waals surface area contributed by atoms with Crippen LogP contribution >= 0.6 is 0 Å². The molecular formula is C32H42O10. The second kappa shape index (κ2) is 19.1. The lowest BCUT2D eigenvalue weighted by Crippen LogP contribution is -2.28. The molecule has 0 atom stereocenters. The summed E-state index contributed by atoms with van der Waals surface area (Å²) in [6.45, 7) is 8.24. The number of carbonyl (C=O) groups excluding carboxylic acids is 4. The molecule has 10 heteroatoms. The van der Waals surface area contributed by atoms with E-state index in [9.17, 15) is 19.2 Å². The third kappa shape index (κ3) is 11.4. The van der Waals surface area contributed by atoms with E-state index in [1.807, 2.05) is 48.5 Å². The molecule has 0 saturated carbocycles. The molecule has 0 radical (unpaired) electrons. The number of ether oxygens (including phenoxy) is 6. The Bertz CT molecular complexity index is 986. The predicted molar refractivity (Wildman–Crippen MR) is 155 cm³/mol. The molecule has 2 rings (SSSR count). The van der Waals surface area contributed by atoms with Crippen molar-refractivity contribution in [3.8, 4) is 22.6 Å². The fourth-order valence-electron chi connectivity index (χ4n) is 4.08. The molecule has 0 unspecified atom stereocenters. The summed E-state index contributed by atoms with van der Waals surface area (Å²) in [5.74, 6) is -2.86. The largest absolute Gasteiger partial charge is 0.494 e. The molecule has 0 aromatic heterocycles. The van der Waals surface area contributed by atoms with Crippen LogP contribution in [0.5, 0.6) is 11.5 Å². The van der Waals surface area contributed by atoms with Crippen LogP contribution in [0.25, 0.3) is 11.1 Å². The lowest BCUT2D eigenvalue weighted by molar-refractivity contribution is -0.163. The number of rotatable bonds is 19. The predicted octanol–water partition coefficient (Wildman–Crippen LogP) is 5.16. The Kier molecular flexibility index (Phi) is 15.5. The first-order valence-electron chi connectivity index (χ1n) is 14.5. The van der Waals surface area contributed by atoms with E-state index >= 15 is 0 Å². The Hall–Kier alpha value is -4.08. The second-order valence-electron chi connectivity index (χ2n) is 9.14. The second-order valence-corrected chi connectivity index (χ2v) is 9.14. The van der Waals surface area contributed by atoms with Gasteiger partial charge < -0.3 is 28.4 Å². The van der Waals surface area contributed by atoms with Crippen LogP contribution in [0.1, 0.15) is 53.4 Å². The fraction of sp³-hybridized carbons (Fsp3) is 0.500. The Labute approximate surface area is 247 Å². The molecule has 10 nitrogen and oxygen atoms in total. The number of hydrogen-bond acceptors (Lipinski definition) is 10. The molecule has 0 saturated heterocycles. The highest BCUT2D eigenvalue weighted by molar-refractivity contribution is 5.95. The van der Waals surface area contributed by atoms with Crippen molar-refractivity contribution < 1.29 is 47.6 Å². The average Bonchev–Trinajstić information content (AvgIpc) is 2.98. The molecule has 42 heavy (non-hydrogen) atoms. The van der Waals surface area contributed by atoms with Crippen LogP contribution in [0.3, 0.4) is 0 Å². The van der Waals surface area contributed by atoms with E-state index in [0.29, 0.717) is 37.6 Å². The number of benzene rings is 2. The smallest absolute Gasteiger partial charge is 0.320 e. The van der Waals surface area contributed by atoms with Gasteiger partial charge in [0.05, 0.1) is 39.6 Å². The first-order valence-corrected chi connectivity index (χ1v) is 14.5. The van der Waals surface area contributed by atoms with Crippen molar-refractivity contribution in [2.75, 3.05) is 39.6 Å². The zero-order valence-corrected chi connectivity index (χ0v) is 24.9. The van der Waals surface area contributed by atoms with Gasteiger partial charge in [0.15, 0.2) is 11.8 Å². The van der Waals surface area contributed by atoms with Gasteiger partial charge in [0.25, 0.3) is 0 Å². The summed E-state index contributed by atoms with van der Waals surface area (Å²) in [6, 6.07) is 15.2. The van der Waals surface area contributed by atoms with Crippen molar-refractivity contribution >= 4 is 23.9 Å². The van der Waals surface area contributed by atoms with E-state index < -0.39 is 35.7 Å². The Morgan fingerprint density at radius 3 is 1.05 bits per heavy atom. The maximum Gasteiger partial charge on any atom is 0.320 e. The van der Waals surface area contributed by atoms with Gasteiger partial charge in [-0.3, -0.25) is 19.2 Å². The molecule has 0 aliphatic heterocycles. The normalized spacial score (nSPS) is 10.7. The highest BCUT2D eigenvalue weighted by Gasteiger charge is 2.29. The standard InChI is InChI=1S/C32H42O10/c1-5-37-29(33)27(30(34)38-6-2)11-9-21-41-25-17-13-23(14-18-25)24-15-19-26(20-16-24)42-22-10-12-28(31(35)39-7-3)32(36)40-8-4/h13-20,27-28H,5-12,21-22H2,1-4H3. The van der Waals surface area contributed by atoms with Crippen molar-refractivity contribution in [3.05, 3.63) is 48.5 Å². The first kappa shape index (κ1) is 34.1. The van der Waals surface area contributed by atoms with Gasteiger partial charge in [-0.05, 0) is 88.8 Å². The van der Waals surface area contributed by atoms with Gasteiger partial charge in [0.1, 0.15) is 11.5 Å². The summed E-state index contributed by atoms with van der Waals surface area (Å²) in [6.07, 6.45) is 1.53. The number of carbonyl (C=O) groups is 4. The zero-order valence-electron chi connectivity index (χ0n) is 24.9. The maximum atomic E-state index is 12.1. The van der Waals surface area contributed by atoms with Crippen LogP contribution < -0.4 is 9.47 Å². The van der Waals surface area contributed by atoms with Gasteiger partial charge in [-0.1, -0.05) is 24.3 Å². The molecule has 2 aromatic rings. The van der Waals surface area contributed by atoms with Crippen molar-refractivity contribution in [1.82, 2.24) is 0 Å².